The lowest BCUT2D eigenvalue weighted by atomic mass is 10.0. The number of methoxy groups -OCH3 is 2. The van der Waals surface area contributed by atoms with Gasteiger partial charge in [-0.3, -0.25) is 0 Å². The van der Waals surface area contributed by atoms with Crippen molar-refractivity contribution in [3.05, 3.63) is 46.2 Å². The quantitative estimate of drug-likeness (QED) is 0.899. The van der Waals surface area contributed by atoms with Gasteiger partial charge in [-0.05, 0) is 24.6 Å². The summed E-state index contributed by atoms with van der Waals surface area (Å²) in [5.41, 5.74) is 1.09. The molecule has 0 aliphatic heterocycles. The average molecular weight is 263 g/mol. The van der Waals surface area contributed by atoms with E-state index in [-0.39, 0.29) is 6.04 Å². The minimum atomic E-state index is 0.120. The Labute approximate surface area is 111 Å². The molecule has 2 rings (SSSR count). The molecule has 1 atom stereocenters. The first kappa shape index (κ1) is 12.9. The van der Waals surface area contributed by atoms with E-state index in [0.717, 1.165) is 17.1 Å². The van der Waals surface area contributed by atoms with Gasteiger partial charge in [0.25, 0.3) is 0 Å². The Morgan fingerprint density at radius 3 is 2.50 bits per heavy atom. The largest absolute Gasteiger partial charge is 0.493 e. The van der Waals surface area contributed by atoms with Gasteiger partial charge in [-0.15, -0.1) is 11.3 Å². The molecule has 0 aliphatic carbocycles. The summed E-state index contributed by atoms with van der Waals surface area (Å²) in [4.78, 5) is 1.25. The highest BCUT2D eigenvalue weighted by Gasteiger charge is 2.19. The minimum Gasteiger partial charge on any atom is -0.493 e. The second-order valence-electron chi connectivity index (χ2n) is 3.82. The third-order valence-corrected chi connectivity index (χ3v) is 3.80. The van der Waals surface area contributed by atoms with Gasteiger partial charge in [0.15, 0.2) is 11.5 Å². The van der Waals surface area contributed by atoms with Crippen molar-refractivity contribution in [1.29, 1.82) is 0 Å². The third kappa shape index (κ3) is 2.35. The lowest BCUT2D eigenvalue weighted by Gasteiger charge is -2.19. The van der Waals surface area contributed by atoms with Crippen LogP contribution >= 0.6 is 11.3 Å². The van der Waals surface area contributed by atoms with Crippen LogP contribution in [0.1, 0.15) is 16.5 Å². The topological polar surface area (TPSA) is 30.5 Å². The van der Waals surface area contributed by atoms with E-state index in [9.17, 15) is 0 Å². The monoisotopic (exact) mass is 263 g/mol. The minimum absolute atomic E-state index is 0.120. The maximum absolute atomic E-state index is 5.49. The highest BCUT2D eigenvalue weighted by Crippen LogP contribution is 2.37. The van der Waals surface area contributed by atoms with Crippen molar-refractivity contribution in [3.8, 4) is 11.5 Å². The van der Waals surface area contributed by atoms with Crippen LogP contribution < -0.4 is 14.8 Å². The smallest absolute Gasteiger partial charge is 0.165 e. The van der Waals surface area contributed by atoms with Gasteiger partial charge in [0.05, 0.1) is 20.3 Å². The van der Waals surface area contributed by atoms with E-state index in [1.54, 1.807) is 25.6 Å². The normalized spacial score (nSPS) is 12.2. The average Bonchev–Trinajstić information content (AvgIpc) is 2.93. The molecule has 0 aliphatic rings. The summed E-state index contributed by atoms with van der Waals surface area (Å²) in [5, 5.41) is 5.40. The summed E-state index contributed by atoms with van der Waals surface area (Å²) in [7, 11) is 5.27. The number of ether oxygens (including phenoxy) is 2. The first-order chi connectivity index (χ1) is 8.81. The van der Waals surface area contributed by atoms with Crippen LogP contribution in [0.5, 0.6) is 11.5 Å². The van der Waals surface area contributed by atoms with Crippen LogP contribution in [0.2, 0.25) is 0 Å². The molecule has 1 aromatic carbocycles. The molecule has 3 nitrogen and oxygen atoms in total. The van der Waals surface area contributed by atoms with E-state index in [1.807, 2.05) is 19.2 Å². The van der Waals surface area contributed by atoms with E-state index >= 15 is 0 Å². The van der Waals surface area contributed by atoms with Crippen molar-refractivity contribution in [2.24, 2.45) is 0 Å². The highest BCUT2D eigenvalue weighted by atomic mass is 32.1. The number of nitrogens with one attached hydrogen (secondary N) is 1. The van der Waals surface area contributed by atoms with Gasteiger partial charge in [-0.25, -0.2) is 0 Å². The molecule has 18 heavy (non-hydrogen) atoms. The Bertz CT molecular complexity index is 497. The molecule has 2 aromatic rings. The molecule has 1 unspecified atom stereocenters. The summed E-state index contributed by atoms with van der Waals surface area (Å²) < 4.78 is 10.8. The fraction of sp³-hybridized carbons (Fsp3) is 0.286. The van der Waals surface area contributed by atoms with Crippen LogP contribution in [0.15, 0.2) is 35.7 Å². The SMILES string of the molecule is CNC(c1cccs1)c1cccc(OC)c1OC. The number of para-hydroxylation sites is 1. The maximum Gasteiger partial charge on any atom is 0.165 e. The van der Waals surface area contributed by atoms with Crippen LogP contribution in [-0.2, 0) is 0 Å². The zero-order valence-electron chi connectivity index (χ0n) is 10.8. The number of rotatable bonds is 5. The van der Waals surface area contributed by atoms with Crippen LogP contribution in [0.3, 0.4) is 0 Å². The number of hydrogen-bond donors (Lipinski definition) is 1. The Balaban J connectivity index is 2.48. The molecule has 1 heterocycles. The van der Waals surface area contributed by atoms with Crippen LogP contribution in [0.4, 0.5) is 0 Å². The molecule has 0 amide bonds. The van der Waals surface area contributed by atoms with E-state index in [1.165, 1.54) is 4.88 Å². The molecule has 1 aromatic heterocycles. The zero-order chi connectivity index (χ0) is 13.0. The molecule has 0 bridgehead atoms. The first-order valence-corrected chi connectivity index (χ1v) is 6.61. The molecule has 0 saturated heterocycles. The number of thiophene rings is 1. The van der Waals surface area contributed by atoms with Crippen LogP contribution in [0.25, 0.3) is 0 Å². The van der Waals surface area contributed by atoms with E-state index < -0.39 is 0 Å². The first-order valence-electron chi connectivity index (χ1n) is 5.73. The summed E-state index contributed by atoms with van der Waals surface area (Å²) in [6.45, 7) is 0. The fourth-order valence-electron chi connectivity index (χ4n) is 2.05. The van der Waals surface area contributed by atoms with E-state index in [2.05, 4.69) is 28.9 Å². The molecule has 4 heteroatoms. The summed E-state index contributed by atoms with van der Waals surface area (Å²) in [6.07, 6.45) is 0. The molecular formula is C14H17NO2S. The van der Waals surface area contributed by atoms with Crippen LogP contribution in [-0.4, -0.2) is 21.3 Å². The Hall–Kier alpha value is -1.52. The molecule has 1 N–H and O–H groups in total. The van der Waals surface area contributed by atoms with Gasteiger partial charge in [0, 0.05) is 10.4 Å². The molecule has 0 saturated carbocycles. The number of hydrogen-bond acceptors (Lipinski definition) is 4. The van der Waals surface area contributed by atoms with Crippen LogP contribution in [0, 0.1) is 0 Å². The number of benzene rings is 1. The van der Waals surface area contributed by atoms with Gasteiger partial charge in [-0.2, -0.15) is 0 Å². The van der Waals surface area contributed by atoms with Crippen molar-refractivity contribution in [2.75, 3.05) is 21.3 Å². The van der Waals surface area contributed by atoms with Crippen molar-refractivity contribution in [1.82, 2.24) is 5.32 Å². The van der Waals surface area contributed by atoms with Gasteiger partial charge in [-0.1, -0.05) is 18.2 Å². The summed E-state index contributed by atoms with van der Waals surface area (Å²) in [6, 6.07) is 10.2. The van der Waals surface area contributed by atoms with E-state index in [0.29, 0.717) is 0 Å². The third-order valence-electron chi connectivity index (χ3n) is 2.86. The van der Waals surface area contributed by atoms with Crippen molar-refractivity contribution >= 4 is 11.3 Å². The van der Waals surface area contributed by atoms with Crippen molar-refractivity contribution < 1.29 is 9.47 Å². The van der Waals surface area contributed by atoms with Crippen molar-refractivity contribution in [3.63, 3.8) is 0 Å². The molecule has 0 radical (unpaired) electrons. The lowest BCUT2D eigenvalue weighted by Crippen LogP contribution is -2.17. The lowest BCUT2D eigenvalue weighted by molar-refractivity contribution is 0.349. The Kier molecular flexibility index (Phi) is 4.23. The second-order valence-corrected chi connectivity index (χ2v) is 4.80. The zero-order valence-corrected chi connectivity index (χ0v) is 11.6. The van der Waals surface area contributed by atoms with Gasteiger partial charge in [0.2, 0.25) is 0 Å². The van der Waals surface area contributed by atoms with Gasteiger partial charge >= 0.3 is 0 Å². The predicted molar refractivity (Wildman–Crippen MR) is 74.8 cm³/mol. The molecule has 0 spiro atoms. The standard InChI is InChI=1S/C14H17NO2S/c1-15-13(12-8-5-9-18-12)10-6-4-7-11(16-2)14(10)17-3/h4-9,13,15H,1-3H3. The predicted octanol–water partition coefficient (Wildman–Crippen LogP) is 3.07. The molecule has 96 valence electrons. The van der Waals surface area contributed by atoms with Crippen molar-refractivity contribution in [2.45, 2.75) is 6.04 Å². The summed E-state index contributed by atoms with van der Waals surface area (Å²) in [5.74, 6) is 1.54. The van der Waals surface area contributed by atoms with Gasteiger partial charge < -0.3 is 14.8 Å². The molecule has 0 fully saturated rings. The maximum atomic E-state index is 5.49. The van der Waals surface area contributed by atoms with E-state index in [4.69, 9.17) is 9.47 Å². The van der Waals surface area contributed by atoms with Gasteiger partial charge in [0.1, 0.15) is 0 Å². The highest BCUT2D eigenvalue weighted by molar-refractivity contribution is 7.10. The molecular weight excluding hydrogens is 246 g/mol. The second kappa shape index (κ2) is 5.89. The Morgan fingerprint density at radius 1 is 1.11 bits per heavy atom. The summed E-state index contributed by atoms with van der Waals surface area (Å²) >= 11 is 1.72. The fourth-order valence-corrected chi connectivity index (χ4v) is 2.90. The Morgan fingerprint density at radius 2 is 1.94 bits per heavy atom.